The van der Waals surface area contributed by atoms with Gasteiger partial charge in [-0.05, 0) is 32.4 Å². The molecular formula is C12H18O3. The number of ether oxygens (including phenoxy) is 3. The molecule has 0 aliphatic heterocycles. The van der Waals surface area contributed by atoms with Crippen molar-refractivity contribution in [2.45, 2.75) is 20.8 Å². The molecule has 0 saturated carbocycles. The number of hydrogen-bond donors (Lipinski definition) is 0. The van der Waals surface area contributed by atoms with Crippen LogP contribution in [0.15, 0.2) is 6.07 Å². The van der Waals surface area contributed by atoms with E-state index in [1.807, 2.05) is 26.8 Å². The first kappa shape index (κ1) is 11.7. The first-order chi connectivity index (χ1) is 7.15. The SMILES string of the molecule is CCOc1c(OC)cc(C)c(OC)c1C. The van der Waals surface area contributed by atoms with Gasteiger partial charge >= 0.3 is 0 Å². The van der Waals surface area contributed by atoms with Crippen molar-refractivity contribution in [2.75, 3.05) is 20.8 Å². The van der Waals surface area contributed by atoms with E-state index in [0.29, 0.717) is 6.61 Å². The Bertz CT molecular complexity index is 345. The summed E-state index contributed by atoms with van der Waals surface area (Å²) >= 11 is 0. The summed E-state index contributed by atoms with van der Waals surface area (Å²) in [5.74, 6) is 2.38. The Morgan fingerprint density at radius 3 is 2.20 bits per heavy atom. The van der Waals surface area contributed by atoms with E-state index >= 15 is 0 Å². The monoisotopic (exact) mass is 210 g/mol. The smallest absolute Gasteiger partial charge is 0.167 e. The fourth-order valence-electron chi connectivity index (χ4n) is 1.70. The van der Waals surface area contributed by atoms with Crippen LogP contribution in [0.1, 0.15) is 18.1 Å². The minimum absolute atomic E-state index is 0.614. The minimum Gasteiger partial charge on any atom is -0.496 e. The van der Waals surface area contributed by atoms with Crippen LogP contribution in [0.3, 0.4) is 0 Å². The molecule has 0 saturated heterocycles. The van der Waals surface area contributed by atoms with Crippen molar-refractivity contribution in [3.8, 4) is 17.2 Å². The Labute approximate surface area is 91.0 Å². The van der Waals surface area contributed by atoms with Gasteiger partial charge < -0.3 is 14.2 Å². The Balaban J connectivity index is 3.32. The molecule has 0 heterocycles. The van der Waals surface area contributed by atoms with Crippen LogP contribution in [0, 0.1) is 13.8 Å². The van der Waals surface area contributed by atoms with E-state index in [1.165, 1.54) is 0 Å². The van der Waals surface area contributed by atoms with Crippen molar-refractivity contribution in [1.29, 1.82) is 0 Å². The third-order valence-corrected chi connectivity index (χ3v) is 2.32. The molecule has 1 rings (SSSR count). The van der Waals surface area contributed by atoms with Crippen molar-refractivity contribution in [3.05, 3.63) is 17.2 Å². The average molecular weight is 210 g/mol. The Morgan fingerprint density at radius 2 is 1.73 bits per heavy atom. The average Bonchev–Trinajstić information content (AvgIpc) is 2.22. The highest BCUT2D eigenvalue weighted by Crippen LogP contribution is 2.39. The lowest BCUT2D eigenvalue weighted by Gasteiger charge is -2.16. The second-order valence-corrected chi connectivity index (χ2v) is 3.32. The van der Waals surface area contributed by atoms with E-state index in [4.69, 9.17) is 14.2 Å². The fraction of sp³-hybridized carbons (Fsp3) is 0.500. The summed E-state index contributed by atoms with van der Waals surface area (Å²) in [6.45, 7) is 6.53. The van der Waals surface area contributed by atoms with E-state index < -0.39 is 0 Å². The van der Waals surface area contributed by atoms with E-state index in [9.17, 15) is 0 Å². The summed E-state index contributed by atoms with van der Waals surface area (Å²) in [6.07, 6.45) is 0. The van der Waals surface area contributed by atoms with Gasteiger partial charge in [0.2, 0.25) is 0 Å². The van der Waals surface area contributed by atoms with E-state index in [1.54, 1.807) is 14.2 Å². The van der Waals surface area contributed by atoms with Crippen LogP contribution in [0.2, 0.25) is 0 Å². The summed E-state index contributed by atoms with van der Waals surface area (Å²) in [6, 6.07) is 1.93. The lowest BCUT2D eigenvalue weighted by molar-refractivity contribution is 0.304. The second kappa shape index (κ2) is 4.91. The van der Waals surface area contributed by atoms with Crippen LogP contribution in [-0.2, 0) is 0 Å². The highest BCUT2D eigenvalue weighted by Gasteiger charge is 2.15. The molecule has 0 amide bonds. The molecule has 84 valence electrons. The molecule has 3 heteroatoms. The van der Waals surface area contributed by atoms with Crippen LogP contribution >= 0.6 is 0 Å². The van der Waals surface area contributed by atoms with Crippen molar-refractivity contribution >= 4 is 0 Å². The molecule has 1 aromatic carbocycles. The quantitative estimate of drug-likeness (QED) is 0.764. The normalized spacial score (nSPS) is 9.93. The molecule has 15 heavy (non-hydrogen) atoms. The molecule has 0 aliphatic carbocycles. The molecule has 0 N–H and O–H groups in total. The third-order valence-electron chi connectivity index (χ3n) is 2.32. The maximum absolute atomic E-state index is 5.55. The zero-order valence-corrected chi connectivity index (χ0v) is 10.0. The molecule has 0 aromatic heterocycles. The van der Waals surface area contributed by atoms with Crippen molar-refractivity contribution in [3.63, 3.8) is 0 Å². The van der Waals surface area contributed by atoms with Gasteiger partial charge in [-0.3, -0.25) is 0 Å². The largest absolute Gasteiger partial charge is 0.496 e. The van der Waals surface area contributed by atoms with Gasteiger partial charge in [0.05, 0.1) is 20.8 Å². The molecule has 0 fully saturated rings. The molecule has 0 bridgehead atoms. The number of rotatable bonds is 4. The molecule has 0 unspecified atom stereocenters. The first-order valence-corrected chi connectivity index (χ1v) is 5.00. The summed E-state index contributed by atoms with van der Waals surface area (Å²) in [5, 5.41) is 0. The molecule has 3 nitrogen and oxygen atoms in total. The van der Waals surface area contributed by atoms with Crippen molar-refractivity contribution < 1.29 is 14.2 Å². The molecule has 0 radical (unpaired) electrons. The summed E-state index contributed by atoms with van der Waals surface area (Å²) < 4.78 is 16.2. The standard InChI is InChI=1S/C12H18O3/c1-6-15-12-9(3)11(14-5)8(2)7-10(12)13-4/h7H,6H2,1-5H3. The summed E-state index contributed by atoms with van der Waals surface area (Å²) in [5.41, 5.74) is 2.03. The number of hydrogen-bond acceptors (Lipinski definition) is 3. The van der Waals surface area contributed by atoms with Gasteiger partial charge in [-0.1, -0.05) is 0 Å². The molecule has 0 spiro atoms. The Morgan fingerprint density at radius 1 is 1.07 bits per heavy atom. The zero-order chi connectivity index (χ0) is 11.4. The van der Waals surface area contributed by atoms with Crippen molar-refractivity contribution in [1.82, 2.24) is 0 Å². The number of methoxy groups -OCH3 is 2. The zero-order valence-electron chi connectivity index (χ0n) is 10.0. The fourth-order valence-corrected chi connectivity index (χ4v) is 1.70. The van der Waals surface area contributed by atoms with Crippen LogP contribution in [-0.4, -0.2) is 20.8 Å². The maximum atomic E-state index is 5.55. The topological polar surface area (TPSA) is 27.7 Å². The second-order valence-electron chi connectivity index (χ2n) is 3.32. The predicted molar refractivity (Wildman–Crippen MR) is 60.2 cm³/mol. The lowest BCUT2D eigenvalue weighted by Crippen LogP contribution is -2.01. The summed E-state index contributed by atoms with van der Waals surface area (Å²) in [7, 11) is 3.31. The molecule has 0 atom stereocenters. The van der Waals surface area contributed by atoms with Gasteiger partial charge in [-0.25, -0.2) is 0 Å². The van der Waals surface area contributed by atoms with E-state index in [2.05, 4.69) is 0 Å². The Hall–Kier alpha value is -1.38. The molecule has 1 aromatic rings. The van der Waals surface area contributed by atoms with E-state index in [0.717, 1.165) is 28.4 Å². The van der Waals surface area contributed by atoms with Gasteiger partial charge in [0, 0.05) is 5.56 Å². The van der Waals surface area contributed by atoms with Gasteiger partial charge in [-0.2, -0.15) is 0 Å². The lowest BCUT2D eigenvalue weighted by atomic mass is 10.1. The highest BCUT2D eigenvalue weighted by molar-refractivity contribution is 5.57. The highest BCUT2D eigenvalue weighted by atomic mass is 16.5. The van der Waals surface area contributed by atoms with Gasteiger partial charge in [-0.15, -0.1) is 0 Å². The predicted octanol–water partition coefficient (Wildman–Crippen LogP) is 2.72. The summed E-state index contributed by atoms with van der Waals surface area (Å²) in [4.78, 5) is 0. The van der Waals surface area contributed by atoms with Crippen LogP contribution < -0.4 is 14.2 Å². The van der Waals surface area contributed by atoms with Gasteiger partial charge in [0.1, 0.15) is 5.75 Å². The van der Waals surface area contributed by atoms with Crippen LogP contribution in [0.4, 0.5) is 0 Å². The molecular weight excluding hydrogens is 192 g/mol. The van der Waals surface area contributed by atoms with Gasteiger partial charge in [0.25, 0.3) is 0 Å². The van der Waals surface area contributed by atoms with Crippen LogP contribution in [0.5, 0.6) is 17.2 Å². The number of benzene rings is 1. The Kier molecular flexibility index (Phi) is 3.83. The molecule has 0 aliphatic rings. The van der Waals surface area contributed by atoms with Crippen molar-refractivity contribution in [2.24, 2.45) is 0 Å². The number of aryl methyl sites for hydroxylation is 1. The first-order valence-electron chi connectivity index (χ1n) is 5.00. The third kappa shape index (κ3) is 2.17. The maximum Gasteiger partial charge on any atom is 0.167 e. The van der Waals surface area contributed by atoms with E-state index in [-0.39, 0.29) is 0 Å². The van der Waals surface area contributed by atoms with Crippen LogP contribution in [0.25, 0.3) is 0 Å². The van der Waals surface area contributed by atoms with Gasteiger partial charge in [0.15, 0.2) is 11.5 Å². The minimum atomic E-state index is 0.614.